The maximum absolute atomic E-state index is 6.17. The van der Waals surface area contributed by atoms with Crippen molar-refractivity contribution in [2.45, 2.75) is 0 Å². The Bertz CT molecular complexity index is 1100. The predicted octanol–water partition coefficient (Wildman–Crippen LogP) is 6.09. The topological polar surface area (TPSA) is 67.1 Å². The molecule has 0 aliphatic rings. The van der Waals surface area contributed by atoms with Crippen LogP contribution in [-0.4, -0.2) is 24.1 Å². The standard InChI is InChI=1S/C20H18BrN5S2/c1-26(2)15-8-6-14(7-9-15)23-20-25-18(22)17(28-20)19-24-16(11-27-19)12-4-3-5-13(21)10-12/h3-11H,22H2,1-2H3,(H,23,25). The van der Waals surface area contributed by atoms with Gasteiger partial charge in [0, 0.05) is 40.9 Å². The first-order valence-electron chi connectivity index (χ1n) is 8.52. The zero-order chi connectivity index (χ0) is 19.7. The summed E-state index contributed by atoms with van der Waals surface area (Å²) < 4.78 is 1.03. The molecule has 8 heteroatoms. The van der Waals surface area contributed by atoms with Gasteiger partial charge in [0.2, 0.25) is 0 Å². The number of nitrogens with zero attached hydrogens (tertiary/aromatic N) is 3. The van der Waals surface area contributed by atoms with Gasteiger partial charge in [-0.05, 0) is 36.4 Å². The summed E-state index contributed by atoms with van der Waals surface area (Å²) in [5.41, 5.74) is 10.3. The van der Waals surface area contributed by atoms with Crippen LogP contribution in [0.4, 0.5) is 22.3 Å². The molecule has 0 spiro atoms. The van der Waals surface area contributed by atoms with Gasteiger partial charge in [-0.15, -0.1) is 11.3 Å². The lowest BCUT2D eigenvalue weighted by Crippen LogP contribution is -2.08. The molecule has 4 aromatic rings. The minimum Gasteiger partial charge on any atom is -0.382 e. The second kappa shape index (κ2) is 7.90. The molecule has 3 N–H and O–H groups in total. The van der Waals surface area contributed by atoms with E-state index in [4.69, 9.17) is 10.7 Å². The Morgan fingerprint density at radius 2 is 1.86 bits per heavy atom. The number of aromatic nitrogens is 2. The fourth-order valence-electron chi connectivity index (χ4n) is 2.66. The van der Waals surface area contributed by atoms with Crippen LogP contribution in [0, 0.1) is 0 Å². The van der Waals surface area contributed by atoms with Crippen LogP contribution >= 0.6 is 38.6 Å². The zero-order valence-electron chi connectivity index (χ0n) is 15.3. The van der Waals surface area contributed by atoms with Crippen molar-refractivity contribution in [3.63, 3.8) is 0 Å². The van der Waals surface area contributed by atoms with Crippen LogP contribution in [0.5, 0.6) is 0 Å². The lowest BCUT2D eigenvalue weighted by Gasteiger charge is -2.12. The Morgan fingerprint density at radius 3 is 2.57 bits per heavy atom. The molecule has 0 atom stereocenters. The molecule has 0 saturated heterocycles. The zero-order valence-corrected chi connectivity index (χ0v) is 18.5. The molecule has 0 unspecified atom stereocenters. The number of benzene rings is 2. The summed E-state index contributed by atoms with van der Waals surface area (Å²) in [5.74, 6) is 0.493. The molecule has 2 heterocycles. The molecule has 2 aromatic heterocycles. The highest BCUT2D eigenvalue weighted by molar-refractivity contribution is 9.10. The summed E-state index contributed by atoms with van der Waals surface area (Å²) in [4.78, 5) is 12.2. The van der Waals surface area contributed by atoms with Crippen LogP contribution in [0.25, 0.3) is 21.1 Å². The second-order valence-electron chi connectivity index (χ2n) is 6.35. The SMILES string of the molecule is CN(C)c1ccc(Nc2nc(N)c(-c3nc(-c4cccc(Br)c4)cs3)s2)cc1. The first kappa shape index (κ1) is 18.9. The molecule has 2 aromatic carbocycles. The summed E-state index contributed by atoms with van der Waals surface area (Å²) in [7, 11) is 4.04. The Kier molecular flexibility index (Phi) is 5.34. The molecular formula is C20H18BrN5S2. The van der Waals surface area contributed by atoms with Gasteiger partial charge in [0.05, 0.1) is 5.69 Å². The summed E-state index contributed by atoms with van der Waals surface area (Å²) in [5, 5.41) is 7.00. The predicted molar refractivity (Wildman–Crippen MR) is 125 cm³/mol. The van der Waals surface area contributed by atoms with E-state index in [9.17, 15) is 0 Å². The van der Waals surface area contributed by atoms with Gasteiger partial charge >= 0.3 is 0 Å². The van der Waals surface area contributed by atoms with Crippen LogP contribution in [0.2, 0.25) is 0 Å². The van der Waals surface area contributed by atoms with Crippen LogP contribution in [0.15, 0.2) is 58.4 Å². The van der Waals surface area contributed by atoms with Crippen LogP contribution in [0.1, 0.15) is 0 Å². The first-order valence-corrected chi connectivity index (χ1v) is 11.0. The normalized spacial score (nSPS) is 10.8. The molecule has 4 rings (SSSR count). The third-order valence-corrected chi connectivity index (χ3v) is 6.58. The second-order valence-corrected chi connectivity index (χ2v) is 9.12. The smallest absolute Gasteiger partial charge is 0.189 e. The number of anilines is 4. The lowest BCUT2D eigenvalue weighted by atomic mass is 10.2. The van der Waals surface area contributed by atoms with E-state index in [0.29, 0.717) is 5.82 Å². The van der Waals surface area contributed by atoms with Gasteiger partial charge in [-0.1, -0.05) is 39.4 Å². The van der Waals surface area contributed by atoms with E-state index in [0.717, 1.165) is 42.1 Å². The van der Waals surface area contributed by atoms with E-state index in [1.54, 1.807) is 11.3 Å². The maximum Gasteiger partial charge on any atom is 0.189 e. The Balaban J connectivity index is 1.56. The number of nitrogens with two attached hydrogens (primary N) is 1. The van der Waals surface area contributed by atoms with Crippen LogP contribution < -0.4 is 16.0 Å². The van der Waals surface area contributed by atoms with Crippen molar-refractivity contribution in [1.29, 1.82) is 0 Å². The summed E-state index contributed by atoms with van der Waals surface area (Å²) in [6.07, 6.45) is 0. The molecule has 5 nitrogen and oxygen atoms in total. The number of halogens is 1. The quantitative estimate of drug-likeness (QED) is 0.368. The van der Waals surface area contributed by atoms with Crippen molar-refractivity contribution < 1.29 is 0 Å². The third kappa shape index (κ3) is 4.04. The highest BCUT2D eigenvalue weighted by Crippen LogP contribution is 2.39. The Hall–Kier alpha value is -2.42. The largest absolute Gasteiger partial charge is 0.382 e. The fraction of sp³-hybridized carbons (Fsp3) is 0.100. The summed E-state index contributed by atoms with van der Waals surface area (Å²) in [6.45, 7) is 0. The van der Waals surface area contributed by atoms with Crippen molar-refractivity contribution in [3.8, 4) is 21.1 Å². The van der Waals surface area contributed by atoms with Gasteiger partial charge in [0.15, 0.2) is 5.13 Å². The first-order chi connectivity index (χ1) is 13.5. The van der Waals surface area contributed by atoms with Crippen LogP contribution in [0.3, 0.4) is 0 Å². The lowest BCUT2D eigenvalue weighted by molar-refractivity contribution is 1.13. The number of nitrogens with one attached hydrogen (secondary N) is 1. The number of nitrogen functional groups attached to an aromatic ring is 1. The molecule has 0 aliphatic heterocycles. The molecular weight excluding hydrogens is 454 g/mol. The van der Waals surface area contributed by atoms with E-state index < -0.39 is 0 Å². The number of hydrogen-bond acceptors (Lipinski definition) is 7. The van der Waals surface area contributed by atoms with Gasteiger partial charge < -0.3 is 16.0 Å². The maximum atomic E-state index is 6.17. The van der Waals surface area contributed by atoms with Crippen molar-refractivity contribution in [3.05, 3.63) is 58.4 Å². The third-order valence-electron chi connectivity index (χ3n) is 4.11. The molecule has 0 fully saturated rings. The van der Waals surface area contributed by atoms with E-state index in [-0.39, 0.29) is 0 Å². The number of rotatable bonds is 5. The summed E-state index contributed by atoms with van der Waals surface area (Å²) in [6, 6.07) is 16.3. The van der Waals surface area contributed by atoms with E-state index >= 15 is 0 Å². The highest BCUT2D eigenvalue weighted by atomic mass is 79.9. The molecule has 0 amide bonds. The minimum atomic E-state index is 0.493. The van der Waals surface area contributed by atoms with Crippen molar-refractivity contribution in [1.82, 2.24) is 9.97 Å². The van der Waals surface area contributed by atoms with Gasteiger partial charge in [0.1, 0.15) is 15.7 Å². The van der Waals surface area contributed by atoms with Gasteiger partial charge in [-0.2, -0.15) is 0 Å². The molecule has 142 valence electrons. The fourth-order valence-corrected chi connectivity index (χ4v) is 4.90. The number of thiazole rings is 2. The molecule has 0 saturated carbocycles. The van der Waals surface area contributed by atoms with E-state index in [1.165, 1.54) is 11.3 Å². The van der Waals surface area contributed by atoms with Crippen molar-refractivity contribution in [2.75, 3.05) is 30.0 Å². The van der Waals surface area contributed by atoms with Gasteiger partial charge in [-0.3, -0.25) is 0 Å². The van der Waals surface area contributed by atoms with Crippen molar-refractivity contribution >= 4 is 60.9 Å². The molecule has 0 radical (unpaired) electrons. The minimum absolute atomic E-state index is 0.493. The number of hydrogen-bond donors (Lipinski definition) is 2. The highest BCUT2D eigenvalue weighted by Gasteiger charge is 2.15. The van der Waals surface area contributed by atoms with Crippen LogP contribution in [-0.2, 0) is 0 Å². The molecule has 0 bridgehead atoms. The molecule has 28 heavy (non-hydrogen) atoms. The average Bonchev–Trinajstić information content (AvgIpc) is 3.29. The Labute approximate surface area is 180 Å². The average molecular weight is 472 g/mol. The van der Waals surface area contributed by atoms with E-state index in [1.807, 2.05) is 49.8 Å². The molecule has 0 aliphatic carbocycles. The van der Waals surface area contributed by atoms with Gasteiger partial charge in [0.25, 0.3) is 0 Å². The summed E-state index contributed by atoms with van der Waals surface area (Å²) >= 11 is 6.59. The van der Waals surface area contributed by atoms with Crippen molar-refractivity contribution in [2.24, 2.45) is 0 Å². The van der Waals surface area contributed by atoms with E-state index in [2.05, 4.69) is 49.3 Å². The van der Waals surface area contributed by atoms with Gasteiger partial charge in [-0.25, -0.2) is 9.97 Å². The monoisotopic (exact) mass is 471 g/mol. The Morgan fingerprint density at radius 1 is 1.07 bits per heavy atom.